The Morgan fingerprint density at radius 2 is 2.24 bits per heavy atom. The molecule has 1 N–H and O–H groups in total. The van der Waals surface area contributed by atoms with Crippen molar-refractivity contribution in [3.63, 3.8) is 0 Å². The van der Waals surface area contributed by atoms with E-state index in [1.165, 1.54) is 0 Å². The van der Waals surface area contributed by atoms with Gasteiger partial charge in [-0.25, -0.2) is 4.98 Å². The highest BCUT2D eigenvalue weighted by atomic mass is 32.2. The largest absolute Gasteiger partial charge is 0.496 e. The first-order chi connectivity index (χ1) is 10.2. The van der Waals surface area contributed by atoms with Crippen molar-refractivity contribution in [3.8, 4) is 5.75 Å². The summed E-state index contributed by atoms with van der Waals surface area (Å²) in [4.78, 5) is 12.3. The third kappa shape index (κ3) is 2.74. The zero-order valence-corrected chi connectivity index (χ0v) is 13.0. The second kappa shape index (κ2) is 5.77. The number of nitrogens with zero attached hydrogens (tertiary/aromatic N) is 2. The van der Waals surface area contributed by atoms with Gasteiger partial charge in [-0.05, 0) is 32.0 Å². The summed E-state index contributed by atoms with van der Waals surface area (Å²) in [5, 5.41) is 0.894. The first kappa shape index (κ1) is 13.9. The minimum atomic E-state index is 0.756. The van der Waals surface area contributed by atoms with Crippen LogP contribution in [0.2, 0.25) is 0 Å². The molecule has 0 aliphatic carbocycles. The molecule has 0 atom stereocenters. The van der Waals surface area contributed by atoms with Gasteiger partial charge in [-0.2, -0.15) is 0 Å². The van der Waals surface area contributed by atoms with E-state index in [0.717, 1.165) is 44.5 Å². The predicted molar refractivity (Wildman–Crippen MR) is 84.8 cm³/mol. The Hall–Kier alpha value is -2.01. The van der Waals surface area contributed by atoms with Crippen molar-refractivity contribution in [2.24, 2.45) is 0 Å². The third-order valence-electron chi connectivity index (χ3n) is 3.40. The molecule has 0 bridgehead atoms. The van der Waals surface area contributed by atoms with Crippen molar-refractivity contribution < 1.29 is 4.74 Å². The summed E-state index contributed by atoms with van der Waals surface area (Å²) in [5.41, 5.74) is 5.14. The molecule has 107 valence electrons. The van der Waals surface area contributed by atoms with Gasteiger partial charge in [-0.15, -0.1) is 0 Å². The van der Waals surface area contributed by atoms with Gasteiger partial charge in [0.05, 0.1) is 23.8 Å². The van der Waals surface area contributed by atoms with E-state index < -0.39 is 0 Å². The minimum absolute atomic E-state index is 0.756. The number of nitrogens with one attached hydrogen (secondary N) is 1. The fourth-order valence-corrected chi connectivity index (χ4v) is 3.20. The number of H-pyrrole nitrogens is 1. The van der Waals surface area contributed by atoms with Crippen LogP contribution in [0, 0.1) is 19.9 Å². The van der Waals surface area contributed by atoms with Crippen LogP contribution in [0.5, 0.6) is 5.75 Å². The van der Waals surface area contributed by atoms with E-state index >= 15 is 0 Å². The number of hydrogen-bond acceptors (Lipinski definition) is 4. The molecule has 0 saturated carbocycles. The van der Waals surface area contributed by atoms with E-state index in [0.29, 0.717) is 0 Å². The predicted octanol–water partition coefficient (Wildman–Crippen LogP) is 3.68. The molecule has 1 radical (unpaired) electrons. The summed E-state index contributed by atoms with van der Waals surface area (Å²) in [6.07, 6.45) is 1.86. The number of pyridine rings is 1. The molecule has 0 aliphatic heterocycles. The van der Waals surface area contributed by atoms with Gasteiger partial charge >= 0.3 is 0 Å². The molecule has 3 rings (SSSR count). The number of hydrogen-bond donors (Lipinski definition) is 1. The Morgan fingerprint density at radius 3 is 3.00 bits per heavy atom. The second-order valence-electron chi connectivity index (χ2n) is 4.82. The number of rotatable bonds is 4. The van der Waals surface area contributed by atoms with Crippen LogP contribution in [-0.2, 0) is 5.75 Å². The molecule has 0 fully saturated rings. The van der Waals surface area contributed by atoms with Gasteiger partial charge in [0.1, 0.15) is 5.75 Å². The molecular formula is C16H16N3OS. The second-order valence-corrected chi connectivity index (χ2v) is 5.78. The number of methoxy groups -OCH3 is 1. The smallest absolute Gasteiger partial charge is 0.166 e. The van der Waals surface area contributed by atoms with Crippen LogP contribution >= 0.6 is 11.8 Å². The van der Waals surface area contributed by atoms with Crippen molar-refractivity contribution >= 4 is 22.8 Å². The first-order valence-corrected chi connectivity index (χ1v) is 7.65. The van der Waals surface area contributed by atoms with Crippen LogP contribution < -0.4 is 4.74 Å². The van der Waals surface area contributed by atoms with E-state index in [1.807, 2.05) is 38.2 Å². The van der Waals surface area contributed by atoms with E-state index in [4.69, 9.17) is 4.74 Å². The number of aromatic amines is 1. The Bertz CT molecular complexity index is 749. The monoisotopic (exact) mass is 298 g/mol. The first-order valence-electron chi connectivity index (χ1n) is 6.66. The van der Waals surface area contributed by atoms with Gasteiger partial charge in [-0.3, -0.25) is 4.98 Å². The number of benzene rings is 1. The molecule has 5 heteroatoms. The molecule has 0 amide bonds. The van der Waals surface area contributed by atoms with Gasteiger partial charge in [0.25, 0.3) is 0 Å². The molecule has 0 saturated heterocycles. The van der Waals surface area contributed by atoms with Crippen LogP contribution in [-0.4, -0.2) is 22.1 Å². The Kier molecular flexibility index (Phi) is 3.84. The maximum atomic E-state index is 5.44. The topological polar surface area (TPSA) is 50.8 Å². The lowest BCUT2D eigenvalue weighted by molar-refractivity contribution is 0.407. The van der Waals surface area contributed by atoms with Gasteiger partial charge in [-0.1, -0.05) is 17.8 Å². The maximum Gasteiger partial charge on any atom is 0.166 e. The Balaban J connectivity index is 1.81. The quantitative estimate of drug-likeness (QED) is 0.747. The van der Waals surface area contributed by atoms with Gasteiger partial charge < -0.3 is 9.72 Å². The van der Waals surface area contributed by atoms with Crippen LogP contribution in [0.3, 0.4) is 0 Å². The van der Waals surface area contributed by atoms with Crippen molar-refractivity contribution in [1.82, 2.24) is 15.0 Å². The highest BCUT2D eigenvalue weighted by Crippen LogP contribution is 2.28. The van der Waals surface area contributed by atoms with Gasteiger partial charge in [0, 0.05) is 23.1 Å². The summed E-state index contributed by atoms with van der Waals surface area (Å²) in [7, 11) is 1.70. The molecule has 0 unspecified atom stereocenters. The average Bonchev–Trinajstić information content (AvgIpc) is 2.90. The van der Waals surface area contributed by atoms with E-state index in [1.54, 1.807) is 18.9 Å². The van der Waals surface area contributed by atoms with Crippen molar-refractivity contribution in [2.75, 3.05) is 7.11 Å². The molecular weight excluding hydrogens is 282 g/mol. The summed E-state index contributed by atoms with van der Waals surface area (Å²) in [5.74, 6) is 1.67. The Labute approximate surface area is 128 Å². The number of thioether (sulfide) groups is 1. The number of fused-ring (bicyclic) bond motifs is 1. The molecule has 3 aromatic rings. The van der Waals surface area contributed by atoms with Crippen molar-refractivity contribution in [1.29, 1.82) is 0 Å². The lowest BCUT2D eigenvalue weighted by Crippen LogP contribution is -1.98. The number of aryl methyl sites for hydroxylation is 1. The van der Waals surface area contributed by atoms with Gasteiger partial charge in [0.2, 0.25) is 0 Å². The average molecular weight is 298 g/mol. The van der Waals surface area contributed by atoms with Crippen molar-refractivity contribution in [2.45, 2.75) is 24.8 Å². The number of imidazole rings is 1. The summed E-state index contributed by atoms with van der Waals surface area (Å²) in [6.45, 7) is 4.05. The zero-order valence-electron chi connectivity index (χ0n) is 12.2. The molecule has 0 aliphatic rings. The summed E-state index contributed by atoms with van der Waals surface area (Å²) < 4.78 is 5.44. The van der Waals surface area contributed by atoms with E-state index in [2.05, 4.69) is 21.0 Å². The molecule has 21 heavy (non-hydrogen) atoms. The third-order valence-corrected chi connectivity index (χ3v) is 4.29. The Morgan fingerprint density at radius 1 is 1.38 bits per heavy atom. The van der Waals surface area contributed by atoms with Crippen LogP contribution in [0.25, 0.3) is 11.0 Å². The summed E-state index contributed by atoms with van der Waals surface area (Å²) in [6, 6.07) is 8.77. The van der Waals surface area contributed by atoms with Crippen LogP contribution in [0.15, 0.2) is 29.6 Å². The van der Waals surface area contributed by atoms with Crippen molar-refractivity contribution in [3.05, 3.63) is 47.3 Å². The molecule has 2 heterocycles. The highest BCUT2D eigenvalue weighted by Gasteiger charge is 2.11. The number of ether oxygens (including phenoxy) is 1. The highest BCUT2D eigenvalue weighted by molar-refractivity contribution is 7.98. The lowest BCUT2D eigenvalue weighted by Gasteiger charge is -2.11. The fraction of sp³-hybridized carbons (Fsp3) is 0.250. The van der Waals surface area contributed by atoms with E-state index in [9.17, 15) is 0 Å². The zero-order chi connectivity index (χ0) is 14.8. The molecule has 0 spiro atoms. The van der Waals surface area contributed by atoms with Crippen LogP contribution in [0.4, 0.5) is 0 Å². The standard InChI is InChI=1S/C16H16N3OS/c1-10-8-17-14(11(2)15(10)20-3)9-21-16-18-12-6-4-5-7-13(12)19-16/h4,6-8H,9H2,1-3H3,(H,18,19). The maximum absolute atomic E-state index is 5.44. The normalized spacial score (nSPS) is 11.0. The minimum Gasteiger partial charge on any atom is -0.496 e. The molecule has 1 aromatic carbocycles. The number of aromatic nitrogens is 3. The summed E-state index contributed by atoms with van der Waals surface area (Å²) >= 11 is 1.64. The fourth-order valence-electron chi connectivity index (χ4n) is 2.29. The van der Waals surface area contributed by atoms with E-state index in [-0.39, 0.29) is 0 Å². The van der Waals surface area contributed by atoms with Gasteiger partial charge in [0.15, 0.2) is 5.16 Å². The molecule has 2 aromatic heterocycles. The molecule has 4 nitrogen and oxygen atoms in total. The SMILES string of the molecule is COc1c(C)cnc(CSc2nc3c[c]ccc3[nH]2)c1C. The van der Waals surface area contributed by atoms with Crippen LogP contribution in [0.1, 0.15) is 16.8 Å². The lowest BCUT2D eigenvalue weighted by atomic mass is 10.1.